The largest absolute Gasteiger partial charge is 0.376 e. The molecule has 0 spiro atoms. The van der Waals surface area contributed by atoms with Gasteiger partial charge in [-0.15, -0.1) is 0 Å². The molecule has 1 rings (SSSR count). The second-order valence-electron chi connectivity index (χ2n) is 2.58. The molecule has 15 heavy (non-hydrogen) atoms. The quantitative estimate of drug-likeness (QED) is 0.331. The number of rotatable bonds is 2. The molecule has 0 aliphatic heterocycles. The fourth-order valence-corrected chi connectivity index (χ4v) is 1.54. The molecule has 0 unspecified atom stereocenters. The number of benzene rings is 1. The Morgan fingerprint density at radius 2 is 1.80 bits per heavy atom. The van der Waals surface area contributed by atoms with Gasteiger partial charge in [-0.2, -0.15) is 0 Å². The third kappa shape index (κ3) is 5.08. The molecule has 0 saturated carbocycles. The molecule has 0 amide bonds. The smallest absolute Gasteiger partial charge is 0.356 e. The van der Waals surface area contributed by atoms with Crippen LogP contribution in [0.25, 0.3) is 0 Å². The van der Waals surface area contributed by atoms with Gasteiger partial charge in [0.1, 0.15) is 0 Å². The van der Waals surface area contributed by atoms with Gasteiger partial charge in [-0.1, -0.05) is 0 Å². The van der Waals surface area contributed by atoms with Gasteiger partial charge in [-0.3, -0.25) is 4.57 Å². The summed E-state index contributed by atoms with van der Waals surface area (Å²) in [6, 6.07) is 5.63. The van der Waals surface area contributed by atoms with Crippen molar-refractivity contribution in [1.82, 2.24) is 0 Å². The van der Waals surface area contributed by atoms with E-state index in [-0.39, 0.29) is 40.0 Å². The van der Waals surface area contributed by atoms with Gasteiger partial charge in [0.2, 0.25) is 0 Å². The van der Waals surface area contributed by atoms with E-state index in [1.807, 2.05) is 0 Å². The molecular weight excluding hydrogens is 246 g/mol. The maximum Gasteiger partial charge on any atom is 0.356 e. The SMILES string of the molecule is NC(=S)Nc1ccc(P(=O)(O)O)cc1.[Na]. The molecule has 1 aromatic rings. The maximum absolute atomic E-state index is 10.8. The summed E-state index contributed by atoms with van der Waals surface area (Å²) in [5.74, 6) is 0. The van der Waals surface area contributed by atoms with Crippen molar-refractivity contribution in [3.05, 3.63) is 24.3 Å². The van der Waals surface area contributed by atoms with Crippen LogP contribution >= 0.6 is 19.8 Å². The summed E-state index contributed by atoms with van der Waals surface area (Å²) in [6.45, 7) is 0. The summed E-state index contributed by atoms with van der Waals surface area (Å²) in [5.41, 5.74) is 5.81. The molecular formula is C7H9N2NaO3PS. The van der Waals surface area contributed by atoms with Crippen LogP contribution in [-0.4, -0.2) is 44.5 Å². The Morgan fingerprint density at radius 3 is 2.13 bits per heavy atom. The van der Waals surface area contributed by atoms with Gasteiger partial charge in [0, 0.05) is 35.2 Å². The van der Waals surface area contributed by atoms with E-state index < -0.39 is 7.60 Å². The zero-order chi connectivity index (χ0) is 10.8. The van der Waals surface area contributed by atoms with Crippen molar-refractivity contribution in [3.8, 4) is 0 Å². The first-order valence-electron chi connectivity index (χ1n) is 3.62. The molecule has 0 aromatic heterocycles. The zero-order valence-electron chi connectivity index (χ0n) is 8.04. The van der Waals surface area contributed by atoms with Crippen LogP contribution in [0.3, 0.4) is 0 Å². The van der Waals surface area contributed by atoms with E-state index in [1.54, 1.807) is 0 Å². The predicted molar refractivity (Wildman–Crippen MR) is 64.3 cm³/mol. The van der Waals surface area contributed by atoms with Crippen molar-refractivity contribution < 1.29 is 14.4 Å². The topological polar surface area (TPSA) is 95.6 Å². The Morgan fingerprint density at radius 1 is 1.33 bits per heavy atom. The van der Waals surface area contributed by atoms with Crippen molar-refractivity contribution in [3.63, 3.8) is 0 Å². The van der Waals surface area contributed by atoms with Crippen LogP contribution in [0, 0.1) is 0 Å². The fourth-order valence-electron chi connectivity index (χ4n) is 0.881. The molecule has 1 radical (unpaired) electrons. The maximum atomic E-state index is 10.8. The number of anilines is 1. The minimum Gasteiger partial charge on any atom is -0.376 e. The van der Waals surface area contributed by atoms with Crippen LogP contribution in [0.4, 0.5) is 5.69 Å². The monoisotopic (exact) mass is 255 g/mol. The van der Waals surface area contributed by atoms with Gasteiger partial charge in [0.15, 0.2) is 5.11 Å². The molecule has 0 bridgehead atoms. The van der Waals surface area contributed by atoms with Crippen LogP contribution in [0.2, 0.25) is 0 Å². The van der Waals surface area contributed by atoms with Crippen LogP contribution in [0.1, 0.15) is 0 Å². The predicted octanol–water partition coefficient (Wildman–Crippen LogP) is -0.236. The van der Waals surface area contributed by atoms with Gasteiger partial charge in [-0.05, 0) is 36.5 Å². The van der Waals surface area contributed by atoms with Gasteiger partial charge in [-0.25, -0.2) is 0 Å². The average molecular weight is 255 g/mol. The molecule has 1 aromatic carbocycles. The van der Waals surface area contributed by atoms with Crippen LogP contribution in [-0.2, 0) is 4.57 Å². The first kappa shape index (κ1) is 15.1. The number of nitrogens with one attached hydrogen (secondary N) is 1. The summed E-state index contributed by atoms with van der Waals surface area (Å²) in [7, 11) is -4.16. The Hall–Kier alpha value is 0.0600. The van der Waals surface area contributed by atoms with Crippen molar-refractivity contribution in [2.75, 3.05) is 5.32 Å². The van der Waals surface area contributed by atoms with E-state index in [0.29, 0.717) is 5.69 Å². The first-order chi connectivity index (χ1) is 6.39. The van der Waals surface area contributed by atoms with E-state index in [2.05, 4.69) is 17.5 Å². The molecule has 77 valence electrons. The van der Waals surface area contributed by atoms with Crippen LogP contribution in [0.15, 0.2) is 24.3 Å². The summed E-state index contributed by atoms with van der Waals surface area (Å²) in [5, 5.41) is 2.71. The third-order valence-electron chi connectivity index (χ3n) is 1.47. The summed E-state index contributed by atoms with van der Waals surface area (Å²) in [4.78, 5) is 17.6. The molecule has 0 atom stereocenters. The molecule has 0 saturated heterocycles. The molecule has 0 aliphatic carbocycles. The van der Waals surface area contributed by atoms with E-state index in [0.717, 1.165) is 0 Å². The normalized spacial score (nSPS) is 10.3. The second-order valence-corrected chi connectivity index (χ2v) is 4.62. The molecule has 8 heteroatoms. The number of hydrogen-bond acceptors (Lipinski definition) is 2. The summed E-state index contributed by atoms with van der Waals surface area (Å²) >= 11 is 4.60. The third-order valence-corrected chi connectivity index (χ3v) is 2.54. The van der Waals surface area contributed by atoms with Gasteiger partial charge in [0.25, 0.3) is 0 Å². The average Bonchev–Trinajstić information content (AvgIpc) is 2.02. The van der Waals surface area contributed by atoms with Gasteiger partial charge in [0.05, 0.1) is 5.30 Å². The summed E-state index contributed by atoms with van der Waals surface area (Å²) in [6.07, 6.45) is 0. The van der Waals surface area contributed by atoms with Gasteiger partial charge >= 0.3 is 7.60 Å². The van der Waals surface area contributed by atoms with Crippen molar-refractivity contribution in [1.29, 1.82) is 0 Å². The van der Waals surface area contributed by atoms with Crippen molar-refractivity contribution >= 4 is 65.5 Å². The molecule has 0 fully saturated rings. The van der Waals surface area contributed by atoms with Crippen LogP contribution < -0.4 is 16.4 Å². The van der Waals surface area contributed by atoms with E-state index in [9.17, 15) is 4.57 Å². The van der Waals surface area contributed by atoms with Crippen LogP contribution in [0.5, 0.6) is 0 Å². The van der Waals surface area contributed by atoms with E-state index >= 15 is 0 Å². The minimum atomic E-state index is -4.16. The molecule has 0 aliphatic rings. The first-order valence-corrected chi connectivity index (χ1v) is 5.64. The fraction of sp³-hybridized carbons (Fsp3) is 0. The number of thiocarbonyl (C=S) groups is 1. The van der Waals surface area contributed by atoms with E-state index in [4.69, 9.17) is 15.5 Å². The Balaban J connectivity index is 0.00000196. The Labute approximate surface area is 115 Å². The van der Waals surface area contributed by atoms with Crippen molar-refractivity contribution in [2.45, 2.75) is 0 Å². The summed E-state index contributed by atoms with van der Waals surface area (Å²) < 4.78 is 10.8. The standard InChI is InChI=1S/C7H9N2O3PS.Na/c8-7(14)9-5-1-3-6(4-2-5)13(10,11)12;/h1-4H,(H3,8,9,14)(H2,10,11,12);. The van der Waals surface area contributed by atoms with Gasteiger partial charge < -0.3 is 20.8 Å². The Kier molecular flexibility index (Phi) is 5.98. The molecule has 5 nitrogen and oxygen atoms in total. The molecule has 5 N–H and O–H groups in total. The minimum absolute atomic E-state index is 0. The zero-order valence-corrected chi connectivity index (χ0v) is 11.8. The van der Waals surface area contributed by atoms with E-state index in [1.165, 1.54) is 24.3 Å². The number of nitrogens with two attached hydrogens (primary N) is 1. The molecule has 0 heterocycles. The number of hydrogen-bond donors (Lipinski definition) is 4. The van der Waals surface area contributed by atoms with Crippen molar-refractivity contribution in [2.24, 2.45) is 5.73 Å². The Bertz CT molecular complexity index is 392. The second kappa shape index (κ2) is 5.96.